The van der Waals surface area contributed by atoms with Crippen LogP contribution in [0.1, 0.15) is 129 Å². The molecule has 0 unspecified atom stereocenters. The topological polar surface area (TPSA) is 12.5 Å². The molecule has 1 nitrogen and oxygen atoms in total. The molecule has 1 heterocycles. The van der Waals surface area contributed by atoms with Gasteiger partial charge in [-0.15, -0.1) is 0 Å². The van der Waals surface area contributed by atoms with Crippen molar-refractivity contribution < 1.29 is 4.74 Å². The Bertz CT molecular complexity index is 222. The summed E-state index contributed by atoms with van der Waals surface area (Å²) in [6.45, 7) is 5.64. The van der Waals surface area contributed by atoms with E-state index in [1.54, 1.807) is 0 Å². The Labute approximate surface area is 147 Å². The number of hydrogen-bond acceptors (Lipinski definition) is 1. The molecular weight excluding hydrogens is 280 g/mol. The molecule has 0 saturated carbocycles. The molecule has 138 valence electrons. The van der Waals surface area contributed by atoms with Crippen LogP contribution in [0.5, 0.6) is 0 Å². The minimum absolute atomic E-state index is 0.338. The minimum Gasteiger partial charge on any atom is -0.370 e. The number of ether oxygens (including phenoxy) is 1. The molecule has 0 radical (unpaired) electrons. The largest absolute Gasteiger partial charge is 0.370 e. The predicted molar refractivity (Wildman–Crippen MR) is 103 cm³/mol. The fourth-order valence-corrected chi connectivity index (χ4v) is 3.68. The zero-order valence-electron chi connectivity index (χ0n) is 16.3. The van der Waals surface area contributed by atoms with E-state index in [4.69, 9.17) is 4.74 Å². The number of epoxide rings is 1. The van der Waals surface area contributed by atoms with Crippen molar-refractivity contribution in [2.45, 2.75) is 135 Å². The first-order chi connectivity index (χ1) is 11.3. The lowest BCUT2D eigenvalue weighted by Crippen LogP contribution is -2.10. The van der Waals surface area contributed by atoms with Gasteiger partial charge in [-0.3, -0.25) is 0 Å². The van der Waals surface area contributed by atoms with Crippen LogP contribution < -0.4 is 0 Å². The lowest BCUT2D eigenvalue weighted by molar-refractivity contribution is 0.260. The molecule has 1 fully saturated rings. The second kappa shape index (κ2) is 14.3. The average Bonchev–Trinajstić information content (AvgIpc) is 3.33. The first kappa shape index (κ1) is 21.0. The van der Waals surface area contributed by atoms with Gasteiger partial charge in [0.1, 0.15) is 0 Å². The molecule has 23 heavy (non-hydrogen) atoms. The molecule has 1 heteroatoms. The fraction of sp³-hybridized carbons (Fsp3) is 1.00. The van der Waals surface area contributed by atoms with E-state index in [2.05, 4.69) is 13.8 Å². The second-order valence-electron chi connectivity index (χ2n) is 7.92. The van der Waals surface area contributed by atoms with Crippen molar-refractivity contribution in [3.05, 3.63) is 0 Å². The second-order valence-corrected chi connectivity index (χ2v) is 7.92. The SMILES string of the molecule is CCCCCCCCCCC1(CCCCCCCCCC)CO1. The van der Waals surface area contributed by atoms with Crippen LogP contribution in [0.4, 0.5) is 0 Å². The van der Waals surface area contributed by atoms with Gasteiger partial charge < -0.3 is 4.74 Å². The zero-order chi connectivity index (χ0) is 16.6. The highest BCUT2D eigenvalue weighted by Gasteiger charge is 2.42. The molecular formula is C22H44O. The third-order valence-electron chi connectivity index (χ3n) is 5.52. The Kier molecular flexibility index (Phi) is 13.1. The van der Waals surface area contributed by atoms with Crippen LogP contribution in [0.15, 0.2) is 0 Å². The molecule has 1 saturated heterocycles. The van der Waals surface area contributed by atoms with Crippen molar-refractivity contribution in [2.24, 2.45) is 0 Å². The molecule has 0 atom stereocenters. The van der Waals surface area contributed by atoms with Crippen molar-refractivity contribution >= 4 is 0 Å². The maximum atomic E-state index is 5.82. The van der Waals surface area contributed by atoms with E-state index in [9.17, 15) is 0 Å². The smallest absolute Gasteiger partial charge is 0.0916 e. The van der Waals surface area contributed by atoms with Gasteiger partial charge in [0.25, 0.3) is 0 Å². The zero-order valence-corrected chi connectivity index (χ0v) is 16.3. The van der Waals surface area contributed by atoms with Gasteiger partial charge in [-0.1, -0.05) is 117 Å². The molecule has 0 aromatic heterocycles. The van der Waals surface area contributed by atoms with Crippen LogP contribution in [-0.2, 0) is 4.74 Å². The van der Waals surface area contributed by atoms with Crippen LogP contribution in [0, 0.1) is 0 Å². The monoisotopic (exact) mass is 324 g/mol. The van der Waals surface area contributed by atoms with Gasteiger partial charge in [-0.05, 0) is 12.8 Å². The third kappa shape index (κ3) is 12.0. The Morgan fingerprint density at radius 2 is 0.826 bits per heavy atom. The lowest BCUT2D eigenvalue weighted by atomic mass is 9.94. The van der Waals surface area contributed by atoms with E-state index in [1.807, 2.05) is 0 Å². The summed E-state index contributed by atoms with van der Waals surface area (Å²) in [5.41, 5.74) is 0.338. The van der Waals surface area contributed by atoms with Gasteiger partial charge in [0.05, 0.1) is 12.2 Å². The molecule has 0 spiro atoms. The standard InChI is InChI=1S/C22H44O/c1-3-5-7-9-11-13-15-17-19-22(21-23-22)20-18-16-14-12-10-8-6-4-2/h3-21H2,1-2H3. The summed E-state index contributed by atoms with van der Waals surface area (Å²) < 4.78 is 5.82. The molecule has 1 rings (SSSR count). The first-order valence-corrected chi connectivity index (χ1v) is 11.0. The van der Waals surface area contributed by atoms with Crippen LogP contribution >= 0.6 is 0 Å². The number of unbranched alkanes of at least 4 members (excludes halogenated alkanes) is 14. The molecule has 1 aliphatic heterocycles. The summed E-state index contributed by atoms with van der Waals surface area (Å²) >= 11 is 0. The fourth-order valence-electron chi connectivity index (χ4n) is 3.68. The quantitative estimate of drug-likeness (QED) is 0.185. The van der Waals surface area contributed by atoms with Gasteiger partial charge in [0.2, 0.25) is 0 Å². The van der Waals surface area contributed by atoms with Gasteiger partial charge in [0, 0.05) is 0 Å². The summed E-state index contributed by atoms with van der Waals surface area (Å²) in [5, 5.41) is 0. The number of rotatable bonds is 18. The molecule has 0 bridgehead atoms. The van der Waals surface area contributed by atoms with Crippen LogP contribution in [0.2, 0.25) is 0 Å². The highest BCUT2D eigenvalue weighted by molar-refractivity contribution is 4.91. The van der Waals surface area contributed by atoms with E-state index in [-0.39, 0.29) is 0 Å². The molecule has 0 aromatic rings. The van der Waals surface area contributed by atoms with Gasteiger partial charge in [-0.25, -0.2) is 0 Å². The van der Waals surface area contributed by atoms with Crippen molar-refractivity contribution in [1.29, 1.82) is 0 Å². The van der Waals surface area contributed by atoms with Gasteiger partial charge in [-0.2, -0.15) is 0 Å². The van der Waals surface area contributed by atoms with Crippen LogP contribution in [0.25, 0.3) is 0 Å². The Balaban J connectivity index is 1.83. The van der Waals surface area contributed by atoms with E-state index in [0.29, 0.717) is 5.60 Å². The Morgan fingerprint density at radius 3 is 1.13 bits per heavy atom. The lowest BCUT2D eigenvalue weighted by Gasteiger charge is -2.11. The summed E-state index contributed by atoms with van der Waals surface area (Å²) in [7, 11) is 0. The average molecular weight is 325 g/mol. The summed E-state index contributed by atoms with van der Waals surface area (Å²) in [6, 6.07) is 0. The van der Waals surface area contributed by atoms with Crippen molar-refractivity contribution in [1.82, 2.24) is 0 Å². The predicted octanol–water partition coefficient (Wildman–Crippen LogP) is 7.82. The third-order valence-corrected chi connectivity index (χ3v) is 5.52. The normalized spacial score (nSPS) is 15.9. The molecule has 0 aliphatic carbocycles. The maximum absolute atomic E-state index is 5.82. The summed E-state index contributed by atoms with van der Waals surface area (Å²) in [4.78, 5) is 0. The van der Waals surface area contributed by atoms with Crippen LogP contribution in [0.3, 0.4) is 0 Å². The Hall–Kier alpha value is -0.0400. The molecule has 0 amide bonds. The minimum atomic E-state index is 0.338. The maximum Gasteiger partial charge on any atom is 0.0916 e. The highest BCUT2D eigenvalue weighted by atomic mass is 16.6. The highest BCUT2D eigenvalue weighted by Crippen LogP contribution is 2.38. The summed E-state index contributed by atoms with van der Waals surface area (Å²) in [6.07, 6.45) is 25.5. The molecule has 0 aromatic carbocycles. The van der Waals surface area contributed by atoms with Crippen molar-refractivity contribution in [2.75, 3.05) is 6.61 Å². The van der Waals surface area contributed by atoms with E-state index >= 15 is 0 Å². The van der Waals surface area contributed by atoms with Crippen molar-refractivity contribution in [3.63, 3.8) is 0 Å². The van der Waals surface area contributed by atoms with E-state index in [1.165, 1.54) is 116 Å². The number of hydrogen-bond donors (Lipinski definition) is 0. The molecule has 1 aliphatic rings. The Morgan fingerprint density at radius 1 is 0.522 bits per heavy atom. The molecule has 0 N–H and O–H groups in total. The first-order valence-electron chi connectivity index (χ1n) is 11.0. The van der Waals surface area contributed by atoms with Gasteiger partial charge in [0.15, 0.2) is 0 Å². The van der Waals surface area contributed by atoms with E-state index in [0.717, 1.165) is 6.61 Å². The van der Waals surface area contributed by atoms with Crippen molar-refractivity contribution in [3.8, 4) is 0 Å². The van der Waals surface area contributed by atoms with E-state index < -0.39 is 0 Å². The van der Waals surface area contributed by atoms with Crippen LogP contribution in [-0.4, -0.2) is 12.2 Å². The summed E-state index contributed by atoms with van der Waals surface area (Å²) in [5.74, 6) is 0. The van der Waals surface area contributed by atoms with Gasteiger partial charge >= 0.3 is 0 Å².